The Kier molecular flexibility index (Phi) is 6.49. The number of hydrogen-bond donors (Lipinski definition) is 1. The summed E-state index contributed by atoms with van der Waals surface area (Å²) in [5.41, 5.74) is 0. The van der Waals surface area contributed by atoms with Gasteiger partial charge in [0.1, 0.15) is 0 Å². The number of carbonyl (C=O) groups is 3. The highest BCUT2D eigenvalue weighted by molar-refractivity contribution is 8.15. The molecule has 3 aliphatic heterocycles. The lowest BCUT2D eigenvalue weighted by Crippen LogP contribution is -2.53. The van der Waals surface area contributed by atoms with E-state index in [4.69, 9.17) is 9.47 Å². The minimum Gasteiger partial charge on any atom is -0.378 e. The summed E-state index contributed by atoms with van der Waals surface area (Å²) in [6.07, 6.45) is 0.309. The van der Waals surface area contributed by atoms with Crippen LogP contribution in [0.15, 0.2) is 4.99 Å². The van der Waals surface area contributed by atoms with E-state index in [2.05, 4.69) is 10.3 Å². The molecule has 26 heavy (non-hydrogen) atoms. The van der Waals surface area contributed by atoms with Crippen molar-refractivity contribution in [2.75, 3.05) is 52.6 Å². The monoisotopic (exact) mass is 384 g/mol. The Balaban J connectivity index is 1.77. The van der Waals surface area contributed by atoms with Crippen LogP contribution in [0.25, 0.3) is 0 Å². The summed E-state index contributed by atoms with van der Waals surface area (Å²) in [6.45, 7) is 5.52. The first-order chi connectivity index (χ1) is 12.5. The van der Waals surface area contributed by atoms with Crippen LogP contribution in [0.2, 0.25) is 0 Å². The van der Waals surface area contributed by atoms with Crippen LogP contribution in [0.1, 0.15) is 13.3 Å². The molecule has 9 nitrogen and oxygen atoms in total. The van der Waals surface area contributed by atoms with Gasteiger partial charge >= 0.3 is 0 Å². The Hall–Kier alpha value is -1.65. The highest BCUT2D eigenvalue weighted by atomic mass is 32.2. The van der Waals surface area contributed by atoms with E-state index in [9.17, 15) is 14.4 Å². The predicted octanol–water partition coefficient (Wildman–Crippen LogP) is -0.930. The van der Waals surface area contributed by atoms with Gasteiger partial charge in [0.05, 0.1) is 32.5 Å². The number of aliphatic imine (C=N–C) groups is 1. The molecule has 0 aromatic heterocycles. The zero-order valence-corrected chi connectivity index (χ0v) is 15.6. The smallest absolute Gasteiger partial charge is 0.245 e. The van der Waals surface area contributed by atoms with Crippen molar-refractivity contribution in [3.63, 3.8) is 0 Å². The van der Waals surface area contributed by atoms with Crippen molar-refractivity contribution in [3.8, 4) is 0 Å². The molecule has 3 aliphatic rings. The van der Waals surface area contributed by atoms with E-state index in [0.29, 0.717) is 64.2 Å². The molecule has 2 saturated heterocycles. The van der Waals surface area contributed by atoms with Crippen LogP contribution in [0.5, 0.6) is 0 Å². The van der Waals surface area contributed by atoms with Crippen LogP contribution in [0.3, 0.4) is 0 Å². The molecule has 0 spiro atoms. The molecule has 3 heterocycles. The minimum atomic E-state index is -0.962. The first-order valence-electron chi connectivity index (χ1n) is 8.82. The summed E-state index contributed by atoms with van der Waals surface area (Å²) < 4.78 is 10.6. The molecule has 3 amide bonds. The quantitative estimate of drug-likeness (QED) is 0.631. The molecular weight excluding hydrogens is 360 g/mol. The van der Waals surface area contributed by atoms with E-state index in [0.717, 1.165) is 11.8 Å². The molecule has 3 rings (SSSR count). The molecular formula is C16H24N4O5S. The molecule has 0 aliphatic carbocycles. The summed E-state index contributed by atoms with van der Waals surface area (Å²) in [7, 11) is 0. The van der Waals surface area contributed by atoms with E-state index in [1.54, 1.807) is 9.80 Å². The van der Waals surface area contributed by atoms with Gasteiger partial charge in [0.25, 0.3) is 0 Å². The maximum absolute atomic E-state index is 13.0. The number of amides is 3. The highest BCUT2D eigenvalue weighted by Crippen LogP contribution is 2.22. The van der Waals surface area contributed by atoms with Crippen LogP contribution >= 0.6 is 11.8 Å². The average molecular weight is 384 g/mol. The number of carbonyl (C=O) groups excluding carboxylic acids is 3. The van der Waals surface area contributed by atoms with Gasteiger partial charge < -0.3 is 24.6 Å². The standard InChI is InChI=1S/C16H24N4O5S/c1-11-10-12(21)18-16(17-11)26-13(14(22)19-2-6-24-7-3-19)15(23)20-4-8-25-9-5-20/h11,13H,2-10H2,1H3,(H,17,18,21)/t11-/m0/s1. The normalized spacial score (nSPS) is 24.3. The van der Waals surface area contributed by atoms with E-state index < -0.39 is 5.25 Å². The number of amidine groups is 1. The zero-order valence-electron chi connectivity index (χ0n) is 14.8. The fourth-order valence-electron chi connectivity index (χ4n) is 2.99. The molecule has 0 unspecified atom stereocenters. The minimum absolute atomic E-state index is 0.147. The molecule has 2 fully saturated rings. The highest BCUT2D eigenvalue weighted by Gasteiger charge is 2.37. The number of nitrogens with zero attached hydrogens (tertiary/aromatic N) is 3. The third-order valence-corrected chi connectivity index (χ3v) is 5.46. The van der Waals surface area contributed by atoms with Crippen LogP contribution in [0.4, 0.5) is 0 Å². The average Bonchev–Trinajstić information content (AvgIpc) is 2.66. The molecule has 1 atom stereocenters. The lowest BCUT2D eigenvalue weighted by molar-refractivity contribution is -0.144. The van der Waals surface area contributed by atoms with Crippen molar-refractivity contribution in [1.82, 2.24) is 15.1 Å². The number of thioether (sulfide) groups is 1. The summed E-state index contributed by atoms with van der Waals surface area (Å²) in [5, 5.41) is 2.05. The van der Waals surface area contributed by atoms with Gasteiger partial charge in [-0.05, 0) is 6.92 Å². The largest absolute Gasteiger partial charge is 0.378 e. The Morgan fingerprint density at radius 2 is 1.58 bits per heavy atom. The fourth-order valence-corrected chi connectivity index (χ4v) is 4.13. The Morgan fingerprint density at radius 3 is 2.04 bits per heavy atom. The lowest BCUT2D eigenvalue weighted by atomic mass is 10.2. The van der Waals surface area contributed by atoms with Crippen molar-refractivity contribution in [2.24, 2.45) is 4.99 Å². The number of rotatable bonds is 3. The molecule has 10 heteroatoms. The summed E-state index contributed by atoms with van der Waals surface area (Å²) in [6, 6.07) is -0.163. The van der Waals surface area contributed by atoms with Crippen molar-refractivity contribution >= 4 is 34.7 Å². The van der Waals surface area contributed by atoms with Crippen molar-refractivity contribution < 1.29 is 23.9 Å². The van der Waals surface area contributed by atoms with Gasteiger partial charge in [0, 0.05) is 32.6 Å². The van der Waals surface area contributed by atoms with Gasteiger partial charge in [-0.2, -0.15) is 0 Å². The van der Waals surface area contributed by atoms with E-state index in [1.165, 1.54) is 0 Å². The maximum atomic E-state index is 13.0. The summed E-state index contributed by atoms with van der Waals surface area (Å²) >= 11 is 1.03. The molecule has 0 saturated carbocycles. The third-order valence-electron chi connectivity index (χ3n) is 4.39. The van der Waals surface area contributed by atoms with Crippen molar-refractivity contribution in [3.05, 3.63) is 0 Å². The molecule has 1 N–H and O–H groups in total. The number of hydrogen-bond acceptors (Lipinski definition) is 7. The van der Waals surface area contributed by atoms with Crippen molar-refractivity contribution in [1.29, 1.82) is 0 Å². The van der Waals surface area contributed by atoms with Crippen LogP contribution < -0.4 is 5.32 Å². The van der Waals surface area contributed by atoms with Gasteiger partial charge in [-0.15, -0.1) is 0 Å². The van der Waals surface area contributed by atoms with Crippen LogP contribution in [-0.2, 0) is 23.9 Å². The van der Waals surface area contributed by atoms with Gasteiger partial charge in [0.15, 0.2) is 10.4 Å². The fraction of sp³-hybridized carbons (Fsp3) is 0.750. The summed E-state index contributed by atoms with van der Waals surface area (Å²) in [4.78, 5) is 45.5. The predicted molar refractivity (Wildman–Crippen MR) is 95.8 cm³/mol. The first-order valence-corrected chi connectivity index (χ1v) is 9.70. The first kappa shape index (κ1) is 19.1. The molecule has 0 bridgehead atoms. The van der Waals surface area contributed by atoms with E-state index in [1.807, 2.05) is 6.92 Å². The van der Waals surface area contributed by atoms with Gasteiger partial charge in [-0.1, -0.05) is 11.8 Å². The van der Waals surface area contributed by atoms with Crippen molar-refractivity contribution in [2.45, 2.75) is 24.6 Å². The Bertz CT molecular complexity index is 557. The molecule has 0 radical (unpaired) electrons. The van der Waals surface area contributed by atoms with Crippen LogP contribution in [0, 0.1) is 0 Å². The molecule has 0 aromatic rings. The second-order valence-corrected chi connectivity index (χ2v) is 7.50. The van der Waals surface area contributed by atoms with Gasteiger partial charge in [-0.25, -0.2) is 0 Å². The third kappa shape index (κ3) is 4.74. The molecule has 0 aromatic carbocycles. The lowest BCUT2D eigenvalue weighted by Gasteiger charge is -2.34. The maximum Gasteiger partial charge on any atom is 0.245 e. The Labute approximate surface area is 156 Å². The second kappa shape index (κ2) is 8.83. The number of ether oxygens (including phenoxy) is 2. The number of morpholine rings is 2. The topological polar surface area (TPSA) is 101 Å². The second-order valence-electron chi connectivity index (χ2n) is 6.41. The SMILES string of the molecule is C[C@H]1CC(=O)NC(SC(C(=O)N2CCOCC2)C(=O)N2CCOCC2)=N1. The molecule has 144 valence electrons. The van der Waals surface area contributed by atoms with E-state index >= 15 is 0 Å². The Morgan fingerprint density at radius 1 is 1.08 bits per heavy atom. The zero-order chi connectivity index (χ0) is 18.5. The van der Waals surface area contributed by atoms with E-state index in [-0.39, 0.29) is 23.8 Å². The number of nitrogens with one attached hydrogen (secondary N) is 1. The van der Waals surface area contributed by atoms with Gasteiger partial charge in [0.2, 0.25) is 17.7 Å². The van der Waals surface area contributed by atoms with Gasteiger partial charge in [-0.3, -0.25) is 19.4 Å². The summed E-state index contributed by atoms with van der Waals surface area (Å²) in [5.74, 6) is -0.665. The van der Waals surface area contributed by atoms with Crippen LogP contribution in [-0.4, -0.2) is 96.6 Å².